The Labute approximate surface area is 159 Å². The van der Waals surface area contributed by atoms with Crippen molar-refractivity contribution in [3.05, 3.63) is 66.2 Å². The number of carbonyl (C=O) groups is 1. The number of nitrogens with one attached hydrogen (secondary N) is 2. The average molecular weight is 360 g/mol. The number of rotatable bonds is 7. The molecule has 5 nitrogen and oxygen atoms in total. The third-order valence-corrected chi connectivity index (χ3v) is 4.03. The van der Waals surface area contributed by atoms with Gasteiger partial charge in [-0.15, -0.1) is 0 Å². The number of Topliss-reactive ketones (excluding diaryl/α,β-unsaturated/α-hetero) is 1. The molecule has 0 bridgehead atoms. The molecule has 1 aromatic heterocycles. The fourth-order valence-corrected chi connectivity index (χ4v) is 2.58. The van der Waals surface area contributed by atoms with Crippen molar-refractivity contribution in [3.8, 4) is 11.3 Å². The van der Waals surface area contributed by atoms with Gasteiger partial charge < -0.3 is 10.6 Å². The highest BCUT2D eigenvalue weighted by Crippen LogP contribution is 2.23. The maximum absolute atomic E-state index is 11.4. The van der Waals surface area contributed by atoms with Crippen LogP contribution >= 0.6 is 0 Å². The Morgan fingerprint density at radius 2 is 1.70 bits per heavy atom. The van der Waals surface area contributed by atoms with Crippen molar-refractivity contribution < 1.29 is 4.79 Å². The van der Waals surface area contributed by atoms with E-state index in [4.69, 9.17) is 0 Å². The molecule has 0 aliphatic rings. The summed E-state index contributed by atoms with van der Waals surface area (Å²) in [6.07, 6.45) is 0. The van der Waals surface area contributed by atoms with Crippen molar-refractivity contribution in [2.75, 3.05) is 17.2 Å². The first-order valence-electron chi connectivity index (χ1n) is 9.07. The van der Waals surface area contributed by atoms with Gasteiger partial charge in [-0.1, -0.05) is 44.2 Å². The Bertz CT molecular complexity index is 905. The van der Waals surface area contributed by atoms with Gasteiger partial charge in [0.2, 0.25) is 5.95 Å². The van der Waals surface area contributed by atoms with Crippen molar-refractivity contribution in [1.82, 2.24) is 9.97 Å². The van der Waals surface area contributed by atoms with Crippen LogP contribution in [0.25, 0.3) is 11.3 Å². The number of aromatic nitrogens is 2. The molecule has 5 heteroatoms. The van der Waals surface area contributed by atoms with Crippen molar-refractivity contribution >= 4 is 23.2 Å². The Hall–Kier alpha value is -3.21. The minimum Gasteiger partial charge on any atom is -0.370 e. The predicted molar refractivity (Wildman–Crippen MR) is 111 cm³/mol. The average Bonchev–Trinajstić information content (AvgIpc) is 2.67. The smallest absolute Gasteiger partial charge is 0.229 e. The summed E-state index contributed by atoms with van der Waals surface area (Å²) in [5, 5.41) is 6.60. The van der Waals surface area contributed by atoms with E-state index in [1.54, 1.807) is 19.1 Å². The van der Waals surface area contributed by atoms with Crippen molar-refractivity contribution in [2.24, 2.45) is 5.92 Å². The van der Waals surface area contributed by atoms with Gasteiger partial charge in [0, 0.05) is 29.4 Å². The Balaban J connectivity index is 1.90. The minimum atomic E-state index is 0.0454. The number of nitrogens with zero attached hydrogens (tertiary/aromatic N) is 2. The number of hydrogen-bond acceptors (Lipinski definition) is 5. The summed E-state index contributed by atoms with van der Waals surface area (Å²) in [5.74, 6) is 1.85. The summed E-state index contributed by atoms with van der Waals surface area (Å²) in [6, 6.07) is 19.3. The molecule has 0 atom stereocenters. The topological polar surface area (TPSA) is 66.9 Å². The molecule has 1 heterocycles. The summed E-state index contributed by atoms with van der Waals surface area (Å²) in [6.45, 7) is 6.70. The highest BCUT2D eigenvalue weighted by Gasteiger charge is 2.08. The summed E-state index contributed by atoms with van der Waals surface area (Å²) in [5.41, 5.74) is 3.39. The van der Waals surface area contributed by atoms with Crippen LogP contribution in [0.1, 0.15) is 31.1 Å². The van der Waals surface area contributed by atoms with Gasteiger partial charge in [-0.05, 0) is 37.1 Å². The van der Waals surface area contributed by atoms with E-state index >= 15 is 0 Å². The van der Waals surface area contributed by atoms with Crippen molar-refractivity contribution in [1.29, 1.82) is 0 Å². The second-order valence-corrected chi connectivity index (χ2v) is 6.86. The van der Waals surface area contributed by atoms with E-state index in [-0.39, 0.29) is 5.78 Å². The van der Waals surface area contributed by atoms with E-state index in [1.165, 1.54) is 0 Å². The fraction of sp³-hybridized carbons (Fsp3) is 0.227. The van der Waals surface area contributed by atoms with E-state index in [2.05, 4.69) is 34.4 Å². The van der Waals surface area contributed by atoms with E-state index in [1.807, 2.05) is 48.5 Å². The summed E-state index contributed by atoms with van der Waals surface area (Å²) >= 11 is 0. The molecular formula is C22H24N4O. The number of anilines is 3. The van der Waals surface area contributed by atoms with Crippen LogP contribution in [-0.2, 0) is 0 Å². The summed E-state index contributed by atoms with van der Waals surface area (Å²) in [4.78, 5) is 20.7. The number of carbonyl (C=O) groups excluding carboxylic acids is 1. The predicted octanol–water partition coefficient (Wildman–Crippen LogP) is 5.16. The van der Waals surface area contributed by atoms with Gasteiger partial charge in [-0.25, -0.2) is 4.98 Å². The molecule has 0 fully saturated rings. The van der Waals surface area contributed by atoms with Crippen LogP contribution in [0, 0.1) is 5.92 Å². The second kappa shape index (κ2) is 8.45. The summed E-state index contributed by atoms with van der Waals surface area (Å²) < 4.78 is 0. The Morgan fingerprint density at radius 3 is 2.33 bits per heavy atom. The van der Waals surface area contributed by atoms with E-state index in [9.17, 15) is 4.79 Å². The molecule has 0 saturated carbocycles. The van der Waals surface area contributed by atoms with Crippen LogP contribution < -0.4 is 10.6 Å². The highest BCUT2D eigenvalue weighted by molar-refractivity contribution is 5.94. The maximum atomic E-state index is 11.4. The molecule has 138 valence electrons. The van der Waals surface area contributed by atoms with Crippen molar-refractivity contribution in [2.45, 2.75) is 20.8 Å². The molecule has 0 spiro atoms. The molecule has 2 aromatic carbocycles. The van der Waals surface area contributed by atoms with Crippen LogP contribution in [0.15, 0.2) is 60.7 Å². The van der Waals surface area contributed by atoms with Gasteiger partial charge >= 0.3 is 0 Å². The summed E-state index contributed by atoms with van der Waals surface area (Å²) in [7, 11) is 0. The lowest BCUT2D eigenvalue weighted by molar-refractivity contribution is 0.101. The quantitative estimate of drug-likeness (QED) is 0.570. The number of benzene rings is 2. The lowest BCUT2D eigenvalue weighted by Gasteiger charge is -2.13. The van der Waals surface area contributed by atoms with E-state index in [0.29, 0.717) is 17.4 Å². The molecule has 0 aliphatic heterocycles. The van der Waals surface area contributed by atoms with Gasteiger partial charge in [-0.2, -0.15) is 4.98 Å². The van der Waals surface area contributed by atoms with Crippen LogP contribution in [0.3, 0.4) is 0 Å². The number of ketones is 1. The van der Waals surface area contributed by atoms with Crippen LogP contribution in [0.4, 0.5) is 17.5 Å². The van der Waals surface area contributed by atoms with Gasteiger partial charge in [0.25, 0.3) is 0 Å². The Morgan fingerprint density at radius 1 is 1.00 bits per heavy atom. The van der Waals surface area contributed by atoms with Gasteiger partial charge in [0.05, 0.1) is 5.69 Å². The zero-order valence-corrected chi connectivity index (χ0v) is 15.9. The van der Waals surface area contributed by atoms with Gasteiger partial charge in [0.15, 0.2) is 5.78 Å². The standard InChI is InChI=1S/C22H24N4O/c1-15(2)14-23-21-13-20(18-7-5-4-6-8-18)25-22(26-21)24-19-11-9-17(10-12-19)16(3)27/h4-13,15H,14H2,1-3H3,(H2,23,24,25,26). The molecular weight excluding hydrogens is 336 g/mol. The van der Waals surface area contributed by atoms with E-state index < -0.39 is 0 Å². The molecule has 0 radical (unpaired) electrons. The molecule has 27 heavy (non-hydrogen) atoms. The first kappa shape index (κ1) is 18.6. The van der Waals surface area contributed by atoms with Crippen LogP contribution in [0.2, 0.25) is 0 Å². The van der Waals surface area contributed by atoms with Gasteiger partial charge in [0.1, 0.15) is 5.82 Å². The maximum Gasteiger partial charge on any atom is 0.229 e. The van der Waals surface area contributed by atoms with Crippen LogP contribution in [0.5, 0.6) is 0 Å². The van der Waals surface area contributed by atoms with Crippen LogP contribution in [-0.4, -0.2) is 22.3 Å². The molecule has 2 N–H and O–H groups in total. The zero-order chi connectivity index (χ0) is 19.2. The van der Waals surface area contributed by atoms with E-state index in [0.717, 1.165) is 29.3 Å². The molecule has 0 aliphatic carbocycles. The van der Waals surface area contributed by atoms with Crippen molar-refractivity contribution in [3.63, 3.8) is 0 Å². The lowest BCUT2D eigenvalue weighted by Crippen LogP contribution is -2.10. The molecule has 0 unspecified atom stereocenters. The largest absolute Gasteiger partial charge is 0.370 e. The highest BCUT2D eigenvalue weighted by atomic mass is 16.1. The zero-order valence-electron chi connectivity index (χ0n) is 15.9. The monoisotopic (exact) mass is 360 g/mol. The normalized spacial score (nSPS) is 10.7. The first-order chi connectivity index (χ1) is 13.0. The fourth-order valence-electron chi connectivity index (χ4n) is 2.58. The Kier molecular flexibility index (Phi) is 5.81. The SMILES string of the molecule is CC(=O)c1ccc(Nc2nc(NCC(C)C)cc(-c3ccccc3)n2)cc1. The lowest BCUT2D eigenvalue weighted by atomic mass is 10.1. The molecule has 3 rings (SSSR count). The number of hydrogen-bond donors (Lipinski definition) is 2. The first-order valence-corrected chi connectivity index (χ1v) is 9.07. The molecule has 0 saturated heterocycles. The third kappa shape index (κ3) is 5.14. The second-order valence-electron chi connectivity index (χ2n) is 6.86. The third-order valence-electron chi connectivity index (χ3n) is 4.03. The molecule has 0 amide bonds. The van der Waals surface area contributed by atoms with Gasteiger partial charge in [-0.3, -0.25) is 4.79 Å². The molecule has 3 aromatic rings. The minimum absolute atomic E-state index is 0.0454.